The summed E-state index contributed by atoms with van der Waals surface area (Å²) in [6.07, 6.45) is 6.89. The van der Waals surface area contributed by atoms with Crippen molar-refractivity contribution in [2.24, 2.45) is 5.92 Å². The number of sulfonamides is 1. The van der Waals surface area contributed by atoms with Gasteiger partial charge >= 0.3 is 0 Å². The lowest BCUT2D eigenvalue weighted by Crippen LogP contribution is -2.39. The third kappa shape index (κ3) is 5.10. The van der Waals surface area contributed by atoms with Crippen molar-refractivity contribution in [1.29, 1.82) is 0 Å². The number of hydrogen-bond donors (Lipinski definition) is 1. The van der Waals surface area contributed by atoms with Gasteiger partial charge in [-0.15, -0.1) is 0 Å². The van der Waals surface area contributed by atoms with Gasteiger partial charge in [0.1, 0.15) is 0 Å². The first-order valence-electron chi connectivity index (χ1n) is 11.0. The molecule has 0 aromatic heterocycles. The number of nitrogens with one attached hydrogen (secondary N) is 1. The number of hydrogen-bond acceptors (Lipinski definition) is 3. The van der Waals surface area contributed by atoms with Crippen LogP contribution in [-0.4, -0.2) is 38.4 Å². The molecule has 1 aliphatic heterocycles. The van der Waals surface area contributed by atoms with E-state index in [1.807, 2.05) is 11.0 Å². The number of likely N-dealkylation sites (tertiary alicyclic amines) is 1. The number of amides is 1. The van der Waals surface area contributed by atoms with Crippen LogP contribution in [0.4, 0.5) is 0 Å². The predicted octanol–water partition coefficient (Wildman–Crippen LogP) is 4.00. The average Bonchev–Trinajstić information content (AvgIpc) is 3.27. The fourth-order valence-corrected chi connectivity index (χ4v) is 5.95. The molecule has 2 aromatic carbocycles. The summed E-state index contributed by atoms with van der Waals surface area (Å²) < 4.78 is 28.2. The Morgan fingerprint density at radius 1 is 0.933 bits per heavy atom. The van der Waals surface area contributed by atoms with E-state index in [4.69, 9.17) is 0 Å². The van der Waals surface area contributed by atoms with Crippen molar-refractivity contribution in [3.63, 3.8) is 0 Å². The molecular formula is C24H30N2O3S. The summed E-state index contributed by atoms with van der Waals surface area (Å²) in [5, 5.41) is 0. The topological polar surface area (TPSA) is 66.5 Å². The predicted molar refractivity (Wildman–Crippen MR) is 118 cm³/mol. The second-order valence-electron chi connectivity index (χ2n) is 8.56. The molecule has 160 valence electrons. The Hall–Kier alpha value is -2.18. The van der Waals surface area contributed by atoms with Crippen LogP contribution in [0.5, 0.6) is 0 Å². The van der Waals surface area contributed by atoms with Crippen LogP contribution in [0.3, 0.4) is 0 Å². The Bertz CT molecular complexity index is 961. The largest absolute Gasteiger partial charge is 0.339 e. The van der Waals surface area contributed by atoms with Gasteiger partial charge in [0.2, 0.25) is 10.0 Å². The van der Waals surface area contributed by atoms with Gasteiger partial charge in [-0.25, -0.2) is 13.1 Å². The fraction of sp³-hybridized carbons (Fsp3) is 0.458. The second-order valence-corrected chi connectivity index (χ2v) is 10.3. The molecule has 30 heavy (non-hydrogen) atoms. The van der Waals surface area contributed by atoms with Gasteiger partial charge in [0.25, 0.3) is 5.91 Å². The first-order valence-corrected chi connectivity index (χ1v) is 12.5. The van der Waals surface area contributed by atoms with Gasteiger partial charge in [-0.1, -0.05) is 49.2 Å². The van der Waals surface area contributed by atoms with Gasteiger partial charge < -0.3 is 4.90 Å². The van der Waals surface area contributed by atoms with Crippen molar-refractivity contribution in [1.82, 2.24) is 9.62 Å². The number of rotatable bonds is 6. The number of benzene rings is 2. The van der Waals surface area contributed by atoms with Crippen LogP contribution in [0, 0.1) is 5.92 Å². The van der Waals surface area contributed by atoms with Crippen LogP contribution in [-0.2, 0) is 16.4 Å². The Morgan fingerprint density at radius 2 is 1.63 bits per heavy atom. The summed E-state index contributed by atoms with van der Waals surface area (Å²) >= 11 is 0. The quantitative estimate of drug-likeness (QED) is 0.759. The summed E-state index contributed by atoms with van der Waals surface area (Å²) in [5.74, 6) is 0.504. The summed E-state index contributed by atoms with van der Waals surface area (Å²) in [6.45, 7) is 1.43. The molecule has 1 saturated heterocycles. The lowest BCUT2D eigenvalue weighted by atomic mass is 9.90. The van der Waals surface area contributed by atoms with Crippen LogP contribution < -0.4 is 4.72 Å². The highest BCUT2D eigenvalue weighted by Crippen LogP contribution is 2.24. The third-order valence-electron chi connectivity index (χ3n) is 6.34. The van der Waals surface area contributed by atoms with Gasteiger partial charge in [-0.05, 0) is 61.8 Å². The summed E-state index contributed by atoms with van der Waals surface area (Å²) in [4.78, 5) is 15.0. The highest BCUT2D eigenvalue weighted by Gasteiger charge is 2.26. The zero-order chi connectivity index (χ0) is 21.0. The molecule has 1 aliphatic carbocycles. The molecule has 4 rings (SSSR count). The minimum Gasteiger partial charge on any atom is -0.339 e. The molecule has 6 heteroatoms. The minimum atomic E-state index is -3.59. The number of carbonyl (C=O) groups is 1. The summed E-state index contributed by atoms with van der Waals surface area (Å²) in [5.41, 5.74) is 1.79. The molecule has 0 atom stereocenters. The van der Waals surface area contributed by atoms with Gasteiger partial charge in [-0.2, -0.15) is 0 Å². The molecule has 5 nitrogen and oxygen atoms in total. The summed E-state index contributed by atoms with van der Waals surface area (Å²) in [7, 11) is -3.59. The van der Waals surface area contributed by atoms with Crippen LogP contribution >= 0.6 is 0 Å². The first-order chi connectivity index (χ1) is 14.5. The molecule has 1 heterocycles. The van der Waals surface area contributed by atoms with Crippen molar-refractivity contribution in [3.8, 4) is 0 Å². The van der Waals surface area contributed by atoms with Gasteiger partial charge in [0, 0.05) is 24.7 Å². The molecule has 0 radical (unpaired) electrons. The van der Waals surface area contributed by atoms with Crippen molar-refractivity contribution < 1.29 is 13.2 Å². The number of piperidine rings is 1. The van der Waals surface area contributed by atoms with Crippen LogP contribution in [0.25, 0.3) is 0 Å². The summed E-state index contributed by atoms with van der Waals surface area (Å²) in [6, 6.07) is 17.0. The minimum absolute atomic E-state index is 0.0120. The van der Waals surface area contributed by atoms with Gasteiger partial charge in [-0.3, -0.25) is 4.79 Å². The van der Waals surface area contributed by atoms with E-state index < -0.39 is 10.0 Å². The molecule has 1 N–H and O–H groups in total. The van der Waals surface area contributed by atoms with E-state index in [1.165, 1.54) is 11.6 Å². The van der Waals surface area contributed by atoms with E-state index in [2.05, 4.69) is 29.0 Å². The van der Waals surface area contributed by atoms with E-state index >= 15 is 0 Å². The third-order valence-corrected chi connectivity index (χ3v) is 7.86. The van der Waals surface area contributed by atoms with E-state index in [9.17, 15) is 13.2 Å². The lowest BCUT2D eigenvalue weighted by Gasteiger charge is -2.32. The molecule has 2 aliphatic rings. The monoisotopic (exact) mass is 426 g/mol. The van der Waals surface area contributed by atoms with Gasteiger partial charge in [0.05, 0.1) is 4.90 Å². The average molecular weight is 427 g/mol. The van der Waals surface area contributed by atoms with E-state index in [0.29, 0.717) is 24.6 Å². The number of nitrogens with zero attached hydrogens (tertiary/aromatic N) is 1. The smallest absolute Gasteiger partial charge is 0.253 e. The van der Waals surface area contributed by atoms with Crippen molar-refractivity contribution >= 4 is 15.9 Å². The normalized spacial score (nSPS) is 18.6. The highest BCUT2D eigenvalue weighted by atomic mass is 32.2. The van der Waals surface area contributed by atoms with E-state index in [-0.39, 0.29) is 16.8 Å². The molecule has 0 bridgehead atoms. The van der Waals surface area contributed by atoms with Crippen molar-refractivity contribution in [2.75, 3.05) is 13.1 Å². The zero-order valence-electron chi connectivity index (χ0n) is 17.3. The molecule has 1 saturated carbocycles. The van der Waals surface area contributed by atoms with Crippen molar-refractivity contribution in [2.45, 2.75) is 55.9 Å². The van der Waals surface area contributed by atoms with Crippen LogP contribution in [0.2, 0.25) is 0 Å². The molecule has 1 amide bonds. The highest BCUT2D eigenvalue weighted by molar-refractivity contribution is 7.89. The molecular weight excluding hydrogens is 396 g/mol. The first kappa shape index (κ1) is 21.1. The second kappa shape index (κ2) is 9.31. The maximum atomic E-state index is 13.0. The Balaban J connectivity index is 1.37. The van der Waals surface area contributed by atoms with Crippen LogP contribution in [0.15, 0.2) is 59.5 Å². The molecule has 2 aromatic rings. The van der Waals surface area contributed by atoms with Crippen LogP contribution in [0.1, 0.15) is 54.4 Å². The Labute approximate surface area is 179 Å². The lowest BCUT2D eigenvalue weighted by molar-refractivity contribution is 0.0690. The van der Waals surface area contributed by atoms with Crippen molar-refractivity contribution in [3.05, 3.63) is 65.7 Å². The molecule has 0 spiro atoms. The maximum absolute atomic E-state index is 13.0. The maximum Gasteiger partial charge on any atom is 0.253 e. The number of carbonyl (C=O) groups excluding carboxylic acids is 1. The van der Waals surface area contributed by atoms with E-state index in [1.54, 1.807) is 18.2 Å². The van der Waals surface area contributed by atoms with Gasteiger partial charge in [0.15, 0.2) is 0 Å². The standard InChI is InChI=1S/C24H30N2O3S/c27-24(26-15-13-20(14-16-26)17-19-7-2-1-3-8-19)21-9-6-12-23(18-21)30(28,29)25-22-10-4-5-11-22/h1-3,6-9,12,18,20,22,25H,4-5,10-11,13-17H2. The Kier molecular flexibility index (Phi) is 6.54. The SMILES string of the molecule is O=C(c1cccc(S(=O)(=O)NC2CCCC2)c1)N1CCC(Cc2ccccc2)CC1. The fourth-order valence-electron chi connectivity index (χ4n) is 4.60. The molecule has 0 unspecified atom stereocenters. The van der Waals surface area contributed by atoms with E-state index in [0.717, 1.165) is 44.9 Å². The zero-order valence-corrected chi connectivity index (χ0v) is 18.1. The molecule has 2 fully saturated rings. The Morgan fingerprint density at radius 3 is 2.33 bits per heavy atom.